The molecule has 10 heteroatoms. The zero-order chi connectivity index (χ0) is 21.0. The first-order chi connectivity index (χ1) is 13.8. The van der Waals surface area contributed by atoms with Gasteiger partial charge >= 0.3 is 5.97 Å². The lowest BCUT2D eigenvalue weighted by atomic mass is 10.1. The maximum atomic E-state index is 13.3. The predicted octanol–water partition coefficient (Wildman–Crippen LogP) is 2.75. The van der Waals surface area contributed by atoms with E-state index in [4.69, 9.17) is 11.6 Å². The normalized spacial score (nSPS) is 15.3. The Morgan fingerprint density at radius 1 is 1.31 bits per heavy atom. The van der Waals surface area contributed by atoms with Crippen LogP contribution in [-0.4, -0.2) is 44.8 Å². The SMILES string of the molecule is COC(=O)c1ccc(CNS(=O)(=O)C2CCN(c3ccc(F)c(Cl)c3)CC2)nc1. The number of anilines is 1. The van der Waals surface area contributed by atoms with Crippen molar-refractivity contribution in [2.75, 3.05) is 25.1 Å². The third-order valence-electron chi connectivity index (χ3n) is 4.85. The van der Waals surface area contributed by atoms with Crippen molar-refractivity contribution in [3.8, 4) is 0 Å². The standard InChI is InChI=1S/C19H21ClFN3O4S/c1-28-19(25)13-2-3-14(22-11-13)12-23-29(26,27)16-6-8-24(9-7-16)15-4-5-18(21)17(20)10-15/h2-5,10-11,16,23H,6-9,12H2,1H3. The van der Waals surface area contributed by atoms with E-state index in [-0.39, 0.29) is 11.6 Å². The number of nitrogens with one attached hydrogen (secondary N) is 1. The molecule has 1 N–H and O–H groups in total. The van der Waals surface area contributed by atoms with Crippen molar-refractivity contribution in [1.82, 2.24) is 9.71 Å². The summed E-state index contributed by atoms with van der Waals surface area (Å²) in [5.74, 6) is -0.982. The molecule has 29 heavy (non-hydrogen) atoms. The van der Waals surface area contributed by atoms with Gasteiger partial charge in [-0.15, -0.1) is 0 Å². The topological polar surface area (TPSA) is 88.6 Å². The number of sulfonamides is 1. The van der Waals surface area contributed by atoms with Gasteiger partial charge in [-0.25, -0.2) is 22.3 Å². The monoisotopic (exact) mass is 441 g/mol. The summed E-state index contributed by atoms with van der Waals surface area (Å²) in [5, 5.41) is -0.478. The van der Waals surface area contributed by atoms with E-state index in [0.29, 0.717) is 37.2 Å². The van der Waals surface area contributed by atoms with E-state index in [1.807, 2.05) is 4.90 Å². The highest BCUT2D eigenvalue weighted by Gasteiger charge is 2.30. The molecule has 0 unspecified atom stereocenters. The van der Waals surface area contributed by atoms with E-state index in [1.54, 1.807) is 18.2 Å². The van der Waals surface area contributed by atoms with Crippen molar-refractivity contribution in [3.63, 3.8) is 0 Å². The van der Waals surface area contributed by atoms with Crippen molar-refractivity contribution in [1.29, 1.82) is 0 Å². The van der Waals surface area contributed by atoms with E-state index in [1.165, 1.54) is 25.4 Å². The number of carbonyl (C=O) groups excluding carboxylic acids is 1. The molecule has 0 atom stereocenters. The highest BCUT2D eigenvalue weighted by atomic mass is 35.5. The van der Waals surface area contributed by atoms with Crippen LogP contribution in [0.25, 0.3) is 0 Å². The molecule has 3 rings (SSSR count). The van der Waals surface area contributed by atoms with Crippen LogP contribution in [0, 0.1) is 5.82 Å². The van der Waals surface area contributed by atoms with Gasteiger partial charge in [0.05, 0.1) is 35.2 Å². The van der Waals surface area contributed by atoms with Gasteiger partial charge in [-0.3, -0.25) is 4.98 Å². The summed E-state index contributed by atoms with van der Waals surface area (Å²) in [6.45, 7) is 1.09. The maximum absolute atomic E-state index is 13.3. The number of ether oxygens (including phenoxy) is 1. The van der Waals surface area contributed by atoms with Gasteiger partial charge < -0.3 is 9.64 Å². The molecule has 0 amide bonds. The average Bonchev–Trinajstić information content (AvgIpc) is 2.74. The summed E-state index contributed by atoms with van der Waals surface area (Å²) in [4.78, 5) is 17.5. The molecule has 156 valence electrons. The molecular weight excluding hydrogens is 421 g/mol. The molecule has 0 aliphatic carbocycles. The first kappa shape index (κ1) is 21.5. The molecule has 1 aromatic heterocycles. The minimum atomic E-state index is -3.53. The molecule has 0 radical (unpaired) electrons. The van der Waals surface area contributed by atoms with Crippen molar-refractivity contribution in [2.24, 2.45) is 0 Å². The summed E-state index contributed by atoms with van der Waals surface area (Å²) >= 11 is 5.83. The van der Waals surface area contributed by atoms with Gasteiger partial charge in [0.2, 0.25) is 10.0 Å². The lowest BCUT2D eigenvalue weighted by Crippen LogP contribution is -2.43. The molecule has 2 aromatic rings. The second-order valence-electron chi connectivity index (χ2n) is 6.68. The van der Waals surface area contributed by atoms with E-state index in [2.05, 4.69) is 14.4 Å². The van der Waals surface area contributed by atoms with Crippen LogP contribution < -0.4 is 9.62 Å². The first-order valence-corrected chi connectivity index (χ1v) is 10.9. The molecule has 0 saturated carbocycles. The van der Waals surface area contributed by atoms with Crippen LogP contribution in [0.2, 0.25) is 5.02 Å². The molecule has 1 fully saturated rings. The van der Waals surface area contributed by atoms with E-state index in [9.17, 15) is 17.6 Å². The number of esters is 1. The molecule has 1 saturated heterocycles. The van der Waals surface area contributed by atoms with Crippen molar-refractivity contribution < 1.29 is 22.3 Å². The fourth-order valence-corrected chi connectivity index (χ4v) is 4.76. The minimum absolute atomic E-state index is 0.0393. The Labute approximate surface area is 173 Å². The Balaban J connectivity index is 1.55. The van der Waals surface area contributed by atoms with Gasteiger partial charge in [0.1, 0.15) is 5.82 Å². The number of pyridine rings is 1. The highest BCUT2D eigenvalue weighted by molar-refractivity contribution is 7.90. The summed E-state index contributed by atoms with van der Waals surface area (Å²) in [6.07, 6.45) is 2.24. The van der Waals surface area contributed by atoms with Crippen LogP contribution in [0.4, 0.5) is 10.1 Å². The number of benzene rings is 1. The fraction of sp³-hybridized carbons (Fsp3) is 0.368. The van der Waals surface area contributed by atoms with Crippen LogP contribution >= 0.6 is 11.6 Å². The lowest BCUT2D eigenvalue weighted by molar-refractivity contribution is 0.0600. The van der Waals surface area contributed by atoms with Crippen LogP contribution in [0.15, 0.2) is 36.5 Å². The Bertz CT molecular complexity index is 977. The summed E-state index contributed by atoms with van der Waals surface area (Å²) in [6, 6.07) is 7.61. The molecular formula is C19H21ClFN3O4S. The van der Waals surface area contributed by atoms with Crippen molar-refractivity contribution in [2.45, 2.75) is 24.6 Å². The van der Waals surface area contributed by atoms with Crippen LogP contribution in [0.5, 0.6) is 0 Å². The van der Waals surface area contributed by atoms with Gasteiger partial charge in [0, 0.05) is 25.0 Å². The molecule has 1 aliphatic heterocycles. The van der Waals surface area contributed by atoms with Gasteiger partial charge in [-0.05, 0) is 43.2 Å². The number of nitrogens with zero attached hydrogens (tertiary/aromatic N) is 2. The number of carbonyl (C=O) groups is 1. The van der Waals surface area contributed by atoms with Gasteiger partial charge in [0.15, 0.2) is 0 Å². The molecule has 0 spiro atoms. The number of piperidine rings is 1. The lowest BCUT2D eigenvalue weighted by Gasteiger charge is -2.33. The fourth-order valence-electron chi connectivity index (χ4n) is 3.17. The largest absolute Gasteiger partial charge is 0.465 e. The Hall–Kier alpha value is -2.23. The number of rotatable bonds is 6. The molecule has 1 aromatic carbocycles. The maximum Gasteiger partial charge on any atom is 0.339 e. The van der Waals surface area contributed by atoms with Crippen LogP contribution in [0.1, 0.15) is 28.9 Å². The molecule has 1 aliphatic rings. The third-order valence-corrected chi connectivity index (χ3v) is 7.03. The predicted molar refractivity (Wildman–Crippen MR) is 108 cm³/mol. The zero-order valence-corrected chi connectivity index (χ0v) is 17.3. The second-order valence-corrected chi connectivity index (χ2v) is 9.13. The number of hydrogen-bond donors (Lipinski definition) is 1. The van der Waals surface area contributed by atoms with Crippen molar-refractivity contribution >= 4 is 33.3 Å². The quantitative estimate of drug-likeness (QED) is 0.693. The van der Waals surface area contributed by atoms with E-state index >= 15 is 0 Å². The van der Waals surface area contributed by atoms with E-state index < -0.39 is 27.1 Å². The Morgan fingerprint density at radius 2 is 2.03 bits per heavy atom. The molecule has 2 heterocycles. The van der Waals surface area contributed by atoms with Crippen LogP contribution in [-0.2, 0) is 21.3 Å². The summed E-state index contributed by atoms with van der Waals surface area (Å²) in [5.41, 5.74) is 1.57. The second kappa shape index (κ2) is 9.06. The zero-order valence-electron chi connectivity index (χ0n) is 15.8. The summed E-state index contributed by atoms with van der Waals surface area (Å²) in [7, 11) is -2.25. The Morgan fingerprint density at radius 3 is 2.62 bits per heavy atom. The third kappa shape index (κ3) is 5.23. The van der Waals surface area contributed by atoms with Crippen LogP contribution in [0.3, 0.4) is 0 Å². The first-order valence-electron chi connectivity index (χ1n) is 9.02. The number of aromatic nitrogens is 1. The number of halogens is 2. The van der Waals surface area contributed by atoms with Gasteiger partial charge in [-0.2, -0.15) is 0 Å². The highest BCUT2D eigenvalue weighted by Crippen LogP contribution is 2.27. The van der Waals surface area contributed by atoms with E-state index in [0.717, 1.165) is 5.69 Å². The van der Waals surface area contributed by atoms with Crippen molar-refractivity contribution in [3.05, 3.63) is 58.6 Å². The number of methoxy groups -OCH3 is 1. The molecule has 7 nitrogen and oxygen atoms in total. The average molecular weight is 442 g/mol. The summed E-state index contributed by atoms with van der Waals surface area (Å²) < 4.78 is 45.7. The smallest absolute Gasteiger partial charge is 0.339 e. The van der Waals surface area contributed by atoms with Gasteiger partial charge in [-0.1, -0.05) is 11.6 Å². The number of hydrogen-bond acceptors (Lipinski definition) is 6. The van der Waals surface area contributed by atoms with Gasteiger partial charge in [0.25, 0.3) is 0 Å². The Kier molecular flexibility index (Phi) is 6.71. The molecule has 0 bridgehead atoms. The minimum Gasteiger partial charge on any atom is -0.465 e.